The Morgan fingerprint density at radius 2 is 2.23 bits per heavy atom. The van der Waals surface area contributed by atoms with Crippen LogP contribution in [0.3, 0.4) is 0 Å². The maximum Gasteiger partial charge on any atom is 0.353 e. The van der Waals surface area contributed by atoms with Gasteiger partial charge in [0.2, 0.25) is 12.5 Å². The summed E-state index contributed by atoms with van der Waals surface area (Å²) in [7, 11) is 0. The molecule has 1 unspecified atom stereocenters. The number of hydrogen-bond acceptors (Lipinski definition) is 10. The average Bonchev–Trinajstić information content (AvgIpc) is 3.10. The number of carbonyl (C=O) groups excluding carboxylic acids is 2. The highest BCUT2D eigenvalue weighted by molar-refractivity contribution is 8.01. The molecule has 1 saturated heterocycles. The third kappa shape index (κ3) is 3.73. The van der Waals surface area contributed by atoms with Crippen molar-refractivity contribution in [1.29, 1.82) is 0 Å². The number of aromatic nitrogens is 1. The van der Waals surface area contributed by atoms with Gasteiger partial charge in [-0.15, -0.1) is 11.3 Å². The lowest BCUT2D eigenvalue weighted by Gasteiger charge is -2.50. The van der Waals surface area contributed by atoms with Gasteiger partial charge in [-0.2, -0.15) is 0 Å². The Labute approximate surface area is 177 Å². The summed E-state index contributed by atoms with van der Waals surface area (Å²) in [5, 5.41) is 25.4. The molecule has 5 N–H and O–H groups in total. The molecule has 1 aromatic rings. The number of thioether (sulfide) groups is 1. The van der Waals surface area contributed by atoms with Crippen molar-refractivity contribution in [2.75, 3.05) is 12.3 Å². The molecule has 2 atom stereocenters. The number of amides is 2. The van der Waals surface area contributed by atoms with E-state index in [-0.39, 0.29) is 34.4 Å². The Morgan fingerprint density at radius 3 is 2.77 bits per heavy atom. The van der Waals surface area contributed by atoms with Gasteiger partial charge >= 0.3 is 11.9 Å². The first-order chi connectivity index (χ1) is 14.2. The van der Waals surface area contributed by atoms with Crippen LogP contribution in [-0.2, 0) is 28.9 Å². The fourth-order valence-corrected chi connectivity index (χ4v) is 5.31. The van der Waals surface area contributed by atoms with Crippen LogP contribution in [0.25, 0.3) is 0 Å². The van der Waals surface area contributed by atoms with E-state index in [4.69, 9.17) is 10.8 Å². The summed E-state index contributed by atoms with van der Waals surface area (Å²) in [6, 6.07) is 0. The first-order valence-electron chi connectivity index (χ1n) is 8.20. The molecule has 0 radical (unpaired) electrons. The number of rotatable bonds is 8. The Balaban J connectivity index is 2.06. The predicted molar refractivity (Wildman–Crippen MR) is 106 cm³/mol. The average molecular weight is 453 g/mol. The van der Waals surface area contributed by atoms with Crippen molar-refractivity contribution in [3.63, 3.8) is 0 Å². The Hall–Kier alpha value is -3.39. The van der Waals surface area contributed by atoms with Crippen molar-refractivity contribution in [2.45, 2.75) is 16.7 Å². The first-order valence-corrected chi connectivity index (χ1v) is 9.96. The topological polar surface area (TPSA) is 185 Å². The highest BCUT2D eigenvalue weighted by Crippen LogP contribution is 2.54. The fraction of sp³-hybridized carbons (Fsp3) is 0.250. The molecule has 2 aliphatic rings. The molecule has 30 heavy (non-hydrogen) atoms. The monoisotopic (exact) mass is 453 g/mol. The van der Waals surface area contributed by atoms with Crippen LogP contribution in [0.2, 0.25) is 0 Å². The number of carbonyl (C=O) groups is 4. The number of carboxylic acids is 2. The Morgan fingerprint density at radius 1 is 1.50 bits per heavy atom. The number of carboxylic acid groups (broad SMARTS) is 2. The number of nitrogens with zero attached hydrogens (tertiary/aromatic N) is 3. The maximum atomic E-state index is 12.5. The van der Waals surface area contributed by atoms with Crippen LogP contribution in [0.4, 0.5) is 5.13 Å². The van der Waals surface area contributed by atoms with Gasteiger partial charge in [-0.05, 0) is 0 Å². The second-order valence-corrected chi connectivity index (χ2v) is 8.24. The molecular weight excluding hydrogens is 438 g/mol. The van der Waals surface area contributed by atoms with Crippen LogP contribution in [0.15, 0.2) is 34.5 Å². The number of nitrogens with one attached hydrogen (secondary N) is 1. The first kappa shape index (κ1) is 21.3. The van der Waals surface area contributed by atoms with Gasteiger partial charge in [-0.25, -0.2) is 14.6 Å². The number of nitrogen functional groups attached to an aromatic ring is 1. The van der Waals surface area contributed by atoms with E-state index in [0.717, 1.165) is 28.0 Å². The van der Waals surface area contributed by atoms with Crippen molar-refractivity contribution in [3.05, 3.63) is 35.0 Å². The molecule has 12 nitrogen and oxygen atoms in total. The standard InChI is InChI=1S/C16H15N5O7S2/c1-2-7-13(14(26)27)21-10(23)3-11(21)30-16(7,8-6-29-15(17)19-8)20-9(22)4-18-28-5-12(24)25/h2,4,6,11H,1,3,5H2,(H2,17,19)(H,20,22)(H,24,25)(H,26,27)/t11-,16?/m1/s1. The molecule has 1 fully saturated rings. The third-order valence-corrected chi connectivity index (χ3v) is 6.32. The lowest BCUT2D eigenvalue weighted by molar-refractivity contribution is -0.146. The molecule has 0 spiro atoms. The zero-order chi connectivity index (χ0) is 22.1. The van der Waals surface area contributed by atoms with E-state index in [9.17, 15) is 24.3 Å². The number of aliphatic carboxylic acids is 2. The van der Waals surface area contributed by atoms with Gasteiger partial charge in [0.25, 0.3) is 5.91 Å². The number of thiazole rings is 1. The van der Waals surface area contributed by atoms with Gasteiger partial charge in [-0.1, -0.05) is 29.6 Å². The maximum absolute atomic E-state index is 12.5. The largest absolute Gasteiger partial charge is 0.479 e. The van der Waals surface area contributed by atoms with Crippen molar-refractivity contribution >= 4 is 58.2 Å². The summed E-state index contributed by atoms with van der Waals surface area (Å²) < 4.78 is 0. The zero-order valence-electron chi connectivity index (χ0n) is 15.1. The molecular formula is C16H15N5O7S2. The quantitative estimate of drug-likeness (QED) is 0.235. The van der Waals surface area contributed by atoms with Gasteiger partial charge in [0.15, 0.2) is 10.0 Å². The van der Waals surface area contributed by atoms with E-state index in [1.165, 1.54) is 6.08 Å². The van der Waals surface area contributed by atoms with Crippen LogP contribution < -0.4 is 11.1 Å². The molecule has 0 aliphatic carbocycles. The number of hydrogen-bond donors (Lipinski definition) is 4. The van der Waals surface area contributed by atoms with Crippen LogP contribution in [0.5, 0.6) is 0 Å². The highest BCUT2D eigenvalue weighted by atomic mass is 32.2. The van der Waals surface area contributed by atoms with Gasteiger partial charge in [0, 0.05) is 11.0 Å². The smallest absolute Gasteiger partial charge is 0.353 e. The lowest BCUT2D eigenvalue weighted by Crippen LogP contribution is -2.60. The van der Waals surface area contributed by atoms with E-state index in [1.807, 2.05) is 0 Å². The summed E-state index contributed by atoms with van der Waals surface area (Å²) in [6.45, 7) is 2.91. The van der Waals surface area contributed by atoms with E-state index in [0.29, 0.717) is 6.21 Å². The summed E-state index contributed by atoms with van der Waals surface area (Å²) in [5.74, 6) is -3.83. The molecule has 1 aromatic heterocycles. The van der Waals surface area contributed by atoms with E-state index < -0.39 is 34.7 Å². The number of anilines is 1. The molecule has 158 valence electrons. The number of oxime groups is 1. The molecule has 14 heteroatoms. The summed E-state index contributed by atoms with van der Waals surface area (Å²) in [4.78, 5) is 55.2. The second kappa shape index (κ2) is 8.16. The third-order valence-electron chi connectivity index (χ3n) is 4.12. The highest BCUT2D eigenvalue weighted by Gasteiger charge is 2.56. The predicted octanol–water partition coefficient (Wildman–Crippen LogP) is -0.0888. The van der Waals surface area contributed by atoms with E-state index >= 15 is 0 Å². The van der Waals surface area contributed by atoms with E-state index in [1.54, 1.807) is 5.38 Å². The number of β-lactam (4-membered cyclic amide) rings is 1. The molecule has 0 bridgehead atoms. The SMILES string of the molecule is C=CC1=C(C(=O)O)N2C(=O)C[C@H]2SC1(NC(=O)C=NOCC(=O)O)c1csc(N)n1. The van der Waals surface area contributed by atoms with Crippen molar-refractivity contribution in [2.24, 2.45) is 5.16 Å². The van der Waals surface area contributed by atoms with Crippen molar-refractivity contribution in [3.8, 4) is 0 Å². The number of fused-ring (bicyclic) bond motifs is 1. The Bertz CT molecular complexity index is 1000. The van der Waals surface area contributed by atoms with Crippen molar-refractivity contribution in [1.82, 2.24) is 15.2 Å². The zero-order valence-corrected chi connectivity index (χ0v) is 16.7. The normalized spacial score (nSPS) is 23.0. The van der Waals surface area contributed by atoms with Gasteiger partial charge in [0.05, 0.1) is 17.5 Å². The molecule has 0 saturated carbocycles. The molecule has 2 aliphatic heterocycles. The van der Waals surface area contributed by atoms with Gasteiger partial charge < -0.3 is 26.1 Å². The van der Waals surface area contributed by atoms with Crippen molar-refractivity contribution < 1.29 is 34.2 Å². The minimum atomic E-state index is -1.53. The second-order valence-electron chi connectivity index (χ2n) is 5.96. The van der Waals surface area contributed by atoms with Crippen LogP contribution in [0.1, 0.15) is 12.1 Å². The number of nitrogens with two attached hydrogens (primary N) is 1. The van der Waals surface area contributed by atoms with Crippen LogP contribution >= 0.6 is 23.1 Å². The minimum Gasteiger partial charge on any atom is -0.479 e. The molecule has 2 amide bonds. The van der Waals surface area contributed by atoms with Gasteiger partial charge in [-0.3, -0.25) is 14.5 Å². The summed E-state index contributed by atoms with van der Waals surface area (Å²) in [5.41, 5.74) is 5.69. The van der Waals surface area contributed by atoms with E-state index in [2.05, 4.69) is 26.9 Å². The minimum absolute atomic E-state index is 0.0304. The van der Waals surface area contributed by atoms with Crippen LogP contribution in [-0.4, -0.2) is 62.0 Å². The molecule has 0 aromatic carbocycles. The molecule has 3 rings (SSSR count). The fourth-order valence-electron chi connectivity index (χ4n) is 2.96. The molecule has 3 heterocycles. The summed E-state index contributed by atoms with van der Waals surface area (Å²) >= 11 is 2.18. The summed E-state index contributed by atoms with van der Waals surface area (Å²) in [6.07, 6.45) is 2.01. The van der Waals surface area contributed by atoms with Crippen LogP contribution in [0, 0.1) is 0 Å². The Kier molecular flexibility index (Phi) is 5.80. The van der Waals surface area contributed by atoms with Gasteiger partial charge in [0.1, 0.15) is 11.9 Å². The lowest BCUT2D eigenvalue weighted by atomic mass is 9.97.